The molecule has 0 aliphatic heterocycles. The van der Waals surface area contributed by atoms with Gasteiger partial charge in [0.1, 0.15) is 5.82 Å². The molecule has 1 atom stereocenters. The number of hydrogen-bond acceptors (Lipinski definition) is 4. The third kappa shape index (κ3) is 5.19. The molecule has 1 N–H and O–H groups in total. The van der Waals surface area contributed by atoms with Gasteiger partial charge in [-0.25, -0.2) is 9.37 Å². The van der Waals surface area contributed by atoms with Crippen LogP contribution in [0.5, 0.6) is 0 Å². The number of rotatable bonds is 7. The molecule has 2 aromatic rings. The van der Waals surface area contributed by atoms with Crippen LogP contribution in [0.3, 0.4) is 0 Å². The lowest BCUT2D eigenvalue weighted by Gasteiger charge is -2.26. The third-order valence-electron chi connectivity index (χ3n) is 3.18. The maximum absolute atomic E-state index is 12.9. The molecule has 0 fully saturated rings. The van der Waals surface area contributed by atoms with E-state index in [4.69, 9.17) is 0 Å². The van der Waals surface area contributed by atoms with Crippen LogP contribution in [0.1, 0.15) is 31.2 Å². The van der Waals surface area contributed by atoms with Crippen LogP contribution < -0.4 is 0 Å². The van der Waals surface area contributed by atoms with E-state index in [1.165, 1.54) is 12.1 Å². The van der Waals surface area contributed by atoms with E-state index in [2.05, 4.69) is 23.7 Å². The third-order valence-corrected chi connectivity index (χ3v) is 3.81. The van der Waals surface area contributed by atoms with E-state index in [0.29, 0.717) is 12.5 Å². The van der Waals surface area contributed by atoms with Crippen LogP contribution in [0.25, 0.3) is 0 Å². The van der Waals surface area contributed by atoms with Gasteiger partial charge in [-0.3, -0.25) is 4.90 Å². The summed E-state index contributed by atoms with van der Waals surface area (Å²) >= 11 is 1.58. The van der Waals surface area contributed by atoms with Gasteiger partial charge in [-0.15, -0.1) is 11.3 Å². The monoisotopic (exact) mass is 308 g/mol. The van der Waals surface area contributed by atoms with Gasteiger partial charge in [0.05, 0.1) is 17.3 Å². The maximum Gasteiger partial charge on any atom is 0.123 e. The van der Waals surface area contributed by atoms with Crippen LogP contribution in [-0.4, -0.2) is 28.1 Å². The average molecular weight is 308 g/mol. The van der Waals surface area contributed by atoms with E-state index in [9.17, 15) is 9.50 Å². The van der Waals surface area contributed by atoms with Crippen LogP contribution in [0.15, 0.2) is 35.2 Å². The van der Waals surface area contributed by atoms with Crippen molar-refractivity contribution in [2.45, 2.75) is 26.5 Å². The van der Waals surface area contributed by atoms with E-state index in [1.54, 1.807) is 23.5 Å². The largest absolute Gasteiger partial charge is 0.387 e. The number of halogens is 1. The Hall–Kier alpha value is -1.30. The number of aromatic nitrogens is 1. The molecule has 0 spiro atoms. The van der Waals surface area contributed by atoms with Gasteiger partial charge in [-0.05, 0) is 23.6 Å². The Balaban J connectivity index is 2.01. The summed E-state index contributed by atoms with van der Waals surface area (Å²) in [4.78, 5) is 6.49. The highest BCUT2D eigenvalue weighted by atomic mass is 32.1. The molecule has 0 saturated heterocycles. The quantitative estimate of drug-likeness (QED) is 0.851. The highest BCUT2D eigenvalue weighted by Crippen LogP contribution is 2.17. The zero-order chi connectivity index (χ0) is 15.2. The fourth-order valence-corrected chi connectivity index (χ4v) is 2.85. The van der Waals surface area contributed by atoms with Gasteiger partial charge in [0.2, 0.25) is 0 Å². The fourth-order valence-electron chi connectivity index (χ4n) is 2.30. The molecule has 1 aromatic heterocycles. The molecule has 1 unspecified atom stereocenters. The molecule has 1 heterocycles. The van der Waals surface area contributed by atoms with Gasteiger partial charge < -0.3 is 5.11 Å². The van der Waals surface area contributed by atoms with Crippen molar-refractivity contribution < 1.29 is 9.50 Å². The van der Waals surface area contributed by atoms with Crippen molar-refractivity contribution in [2.24, 2.45) is 5.92 Å². The highest BCUT2D eigenvalue weighted by molar-refractivity contribution is 7.07. The van der Waals surface area contributed by atoms with Gasteiger partial charge in [-0.1, -0.05) is 26.0 Å². The minimum absolute atomic E-state index is 0.285. The zero-order valence-corrected chi connectivity index (χ0v) is 13.2. The first-order valence-electron chi connectivity index (χ1n) is 7.07. The Morgan fingerprint density at radius 3 is 2.52 bits per heavy atom. The van der Waals surface area contributed by atoms with E-state index in [1.807, 2.05) is 10.9 Å². The summed E-state index contributed by atoms with van der Waals surface area (Å²) in [5, 5.41) is 12.4. The van der Waals surface area contributed by atoms with Crippen LogP contribution >= 0.6 is 11.3 Å². The Kier molecular flexibility index (Phi) is 5.85. The summed E-state index contributed by atoms with van der Waals surface area (Å²) in [7, 11) is 0. The van der Waals surface area contributed by atoms with Crippen LogP contribution in [0.2, 0.25) is 0 Å². The molecule has 21 heavy (non-hydrogen) atoms. The van der Waals surface area contributed by atoms with Crippen LogP contribution in [0.4, 0.5) is 4.39 Å². The van der Waals surface area contributed by atoms with Crippen molar-refractivity contribution in [3.8, 4) is 0 Å². The fraction of sp³-hybridized carbons (Fsp3) is 0.438. The number of thiazole rings is 1. The average Bonchev–Trinajstić information content (AvgIpc) is 2.91. The van der Waals surface area contributed by atoms with Crippen molar-refractivity contribution >= 4 is 11.3 Å². The first-order valence-corrected chi connectivity index (χ1v) is 8.02. The van der Waals surface area contributed by atoms with E-state index >= 15 is 0 Å². The van der Waals surface area contributed by atoms with Crippen molar-refractivity contribution in [2.75, 3.05) is 13.1 Å². The maximum atomic E-state index is 12.9. The molecule has 0 radical (unpaired) electrons. The number of aliphatic hydroxyl groups excluding tert-OH is 1. The minimum Gasteiger partial charge on any atom is -0.387 e. The number of benzene rings is 1. The zero-order valence-electron chi connectivity index (χ0n) is 12.4. The molecule has 114 valence electrons. The molecule has 3 nitrogen and oxygen atoms in total. The van der Waals surface area contributed by atoms with Gasteiger partial charge in [-0.2, -0.15) is 0 Å². The molecule has 0 aliphatic rings. The lowest BCUT2D eigenvalue weighted by Crippen LogP contribution is -2.31. The molecular formula is C16H21FN2OS. The Labute approximate surface area is 129 Å². The Morgan fingerprint density at radius 2 is 1.95 bits per heavy atom. The summed E-state index contributed by atoms with van der Waals surface area (Å²) in [5.74, 6) is 0.219. The first-order chi connectivity index (χ1) is 10.0. The minimum atomic E-state index is -0.622. The number of hydrogen-bond donors (Lipinski definition) is 1. The molecule has 0 bridgehead atoms. The molecule has 1 aromatic carbocycles. The van der Waals surface area contributed by atoms with Crippen LogP contribution in [0, 0.1) is 11.7 Å². The normalized spacial score (nSPS) is 13.0. The van der Waals surface area contributed by atoms with E-state index in [-0.39, 0.29) is 5.82 Å². The second-order valence-electron chi connectivity index (χ2n) is 5.64. The number of nitrogens with zero attached hydrogens (tertiary/aromatic N) is 2. The predicted octanol–water partition coefficient (Wildman–Crippen LogP) is 3.47. The molecule has 0 amide bonds. The van der Waals surface area contributed by atoms with Crippen LogP contribution in [-0.2, 0) is 6.54 Å². The van der Waals surface area contributed by atoms with Gasteiger partial charge >= 0.3 is 0 Å². The highest BCUT2D eigenvalue weighted by Gasteiger charge is 2.16. The smallest absolute Gasteiger partial charge is 0.123 e. The second kappa shape index (κ2) is 7.64. The van der Waals surface area contributed by atoms with E-state index < -0.39 is 6.10 Å². The summed E-state index contributed by atoms with van der Waals surface area (Å²) in [5.41, 5.74) is 3.58. The van der Waals surface area contributed by atoms with Crippen molar-refractivity contribution in [1.29, 1.82) is 0 Å². The van der Waals surface area contributed by atoms with E-state index in [0.717, 1.165) is 24.3 Å². The molecule has 5 heteroatoms. The summed E-state index contributed by atoms with van der Waals surface area (Å²) in [6.07, 6.45) is -0.622. The SMILES string of the molecule is CC(C)CN(Cc1cscn1)CC(O)c1ccc(F)cc1. The first kappa shape index (κ1) is 16.1. The standard InChI is InChI=1S/C16H21FN2OS/c1-12(2)7-19(8-15-10-21-11-18-15)9-16(20)13-3-5-14(17)6-4-13/h3-6,10-12,16,20H,7-9H2,1-2H3. The summed E-state index contributed by atoms with van der Waals surface area (Å²) in [6.45, 7) is 6.42. The molecule has 0 saturated carbocycles. The molecule has 2 rings (SSSR count). The summed E-state index contributed by atoms with van der Waals surface area (Å²) in [6, 6.07) is 6.03. The molecule has 0 aliphatic carbocycles. The summed E-state index contributed by atoms with van der Waals surface area (Å²) < 4.78 is 12.9. The Bertz CT molecular complexity index is 528. The predicted molar refractivity (Wildman–Crippen MR) is 83.6 cm³/mol. The topological polar surface area (TPSA) is 36.4 Å². The second-order valence-corrected chi connectivity index (χ2v) is 6.35. The van der Waals surface area contributed by atoms with Crippen molar-refractivity contribution in [3.05, 3.63) is 52.2 Å². The molecular weight excluding hydrogens is 287 g/mol. The number of aliphatic hydroxyl groups is 1. The van der Waals surface area contributed by atoms with Crippen molar-refractivity contribution in [1.82, 2.24) is 9.88 Å². The van der Waals surface area contributed by atoms with Crippen molar-refractivity contribution in [3.63, 3.8) is 0 Å². The van der Waals surface area contributed by atoms with Gasteiger partial charge in [0, 0.05) is 25.0 Å². The lowest BCUT2D eigenvalue weighted by molar-refractivity contribution is 0.101. The van der Waals surface area contributed by atoms with Gasteiger partial charge in [0.15, 0.2) is 0 Å². The Morgan fingerprint density at radius 1 is 1.24 bits per heavy atom. The van der Waals surface area contributed by atoms with Gasteiger partial charge in [0.25, 0.3) is 0 Å². The lowest BCUT2D eigenvalue weighted by atomic mass is 10.1.